The topological polar surface area (TPSA) is 70.7 Å². The van der Waals surface area contributed by atoms with Crippen molar-refractivity contribution in [3.63, 3.8) is 0 Å². The second-order valence-electron chi connectivity index (χ2n) is 7.08. The Bertz CT molecular complexity index is 607. The molecule has 0 radical (unpaired) electrons. The van der Waals surface area contributed by atoms with Gasteiger partial charge in [0.25, 0.3) is 0 Å². The quantitative estimate of drug-likeness (QED) is 0.820. The number of rotatable bonds is 4. The molecular weight excluding hydrogens is 318 g/mol. The molecule has 0 bridgehead atoms. The van der Waals surface area contributed by atoms with Crippen molar-refractivity contribution >= 4 is 12.0 Å². The van der Waals surface area contributed by atoms with E-state index >= 15 is 0 Å². The van der Waals surface area contributed by atoms with E-state index in [0.29, 0.717) is 6.42 Å². The fourth-order valence-electron chi connectivity index (χ4n) is 4.12. The molecule has 136 valence electrons. The average Bonchev–Trinajstić information content (AvgIpc) is 3.22. The smallest absolute Gasteiger partial charge is 0.315 e. The molecule has 1 aromatic rings. The Morgan fingerprint density at radius 1 is 1.12 bits per heavy atom. The normalized spacial score (nSPS) is 29.4. The van der Waals surface area contributed by atoms with Crippen molar-refractivity contribution in [3.8, 4) is 0 Å². The third-order valence-electron chi connectivity index (χ3n) is 5.41. The predicted molar refractivity (Wildman–Crippen MR) is 95.0 cm³/mol. The minimum Gasteiger partial charge on any atom is -0.469 e. The second kappa shape index (κ2) is 7.87. The molecule has 2 fully saturated rings. The number of likely N-dealkylation sites (tertiary alicyclic amines) is 1. The Labute approximate surface area is 148 Å². The Morgan fingerprint density at radius 3 is 2.60 bits per heavy atom. The van der Waals surface area contributed by atoms with Crippen molar-refractivity contribution in [3.05, 3.63) is 35.9 Å². The number of ether oxygens (including phenoxy) is 1. The Balaban J connectivity index is 1.55. The van der Waals surface area contributed by atoms with Crippen LogP contribution in [0, 0.1) is 5.92 Å². The number of esters is 1. The highest BCUT2D eigenvalue weighted by Gasteiger charge is 2.35. The minimum absolute atomic E-state index is 0.0402. The van der Waals surface area contributed by atoms with Crippen molar-refractivity contribution in [2.75, 3.05) is 20.7 Å². The van der Waals surface area contributed by atoms with Gasteiger partial charge in [-0.1, -0.05) is 30.3 Å². The maximum absolute atomic E-state index is 12.4. The van der Waals surface area contributed by atoms with Crippen LogP contribution in [-0.2, 0) is 9.53 Å². The van der Waals surface area contributed by atoms with Crippen LogP contribution in [0.5, 0.6) is 0 Å². The highest BCUT2D eigenvalue weighted by molar-refractivity contribution is 5.76. The molecule has 1 aliphatic carbocycles. The standard InChI is InChI=1S/C19H27N3O3/c1-22-11-10-16(17(22)13-6-4-3-5-7-13)21-19(24)20-15-9-8-14(12-15)18(23)25-2/h3-7,14-17H,8-12H2,1-2H3,(H2,20,21,24)/t14-,15+,16-,17+/m0/s1. The van der Waals surface area contributed by atoms with Gasteiger partial charge in [-0.15, -0.1) is 0 Å². The van der Waals surface area contributed by atoms with Crippen molar-refractivity contribution in [1.29, 1.82) is 0 Å². The van der Waals surface area contributed by atoms with Gasteiger partial charge in [-0.2, -0.15) is 0 Å². The highest BCUT2D eigenvalue weighted by atomic mass is 16.5. The molecule has 25 heavy (non-hydrogen) atoms. The van der Waals surface area contributed by atoms with Crippen molar-refractivity contribution in [2.24, 2.45) is 5.92 Å². The van der Waals surface area contributed by atoms with Gasteiger partial charge in [0.05, 0.1) is 25.1 Å². The monoisotopic (exact) mass is 345 g/mol. The second-order valence-corrected chi connectivity index (χ2v) is 7.08. The summed E-state index contributed by atoms with van der Waals surface area (Å²) in [6, 6.07) is 10.5. The first-order valence-electron chi connectivity index (χ1n) is 8.98. The summed E-state index contributed by atoms with van der Waals surface area (Å²) in [6.07, 6.45) is 3.18. The Hall–Kier alpha value is -2.08. The molecule has 6 heteroatoms. The molecule has 1 saturated carbocycles. The third kappa shape index (κ3) is 4.12. The van der Waals surface area contributed by atoms with Gasteiger partial charge in [-0.25, -0.2) is 4.79 Å². The number of amides is 2. The van der Waals surface area contributed by atoms with Crippen LogP contribution >= 0.6 is 0 Å². The van der Waals surface area contributed by atoms with Gasteiger partial charge in [-0.05, 0) is 38.3 Å². The molecule has 2 N–H and O–H groups in total. The van der Waals surface area contributed by atoms with Gasteiger partial charge in [-0.3, -0.25) is 9.69 Å². The lowest BCUT2D eigenvalue weighted by Gasteiger charge is -2.26. The molecule has 6 nitrogen and oxygen atoms in total. The van der Waals surface area contributed by atoms with Crippen LogP contribution in [0.1, 0.15) is 37.3 Å². The van der Waals surface area contributed by atoms with Gasteiger partial charge in [0.15, 0.2) is 0 Å². The number of nitrogens with zero attached hydrogens (tertiary/aromatic N) is 1. The van der Waals surface area contributed by atoms with E-state index in [2.05, 4.69) is 34.7 Å². The predicted octanol–water partition coefficient (Wildman–Crippen LogP) is 2.07. The number of likely N-dealkylation sites (N-methyl/N-ethyl adjacent to an activating group) is 1. The van der Waals surface area contributed by atoms with Crippen LogP contribution in [-0.4, -0.2) is 49.7 Å². The van der Waals surface area contributed by atoms with Gasteiger partial charge < -0.3 is 15.4 Å². The van der Waals surface area contributed by atoms with Crippen molar-refractivity contribution in [2.45, 2.75) is 43.8 Å². The molecule has 3 rings (SSSR count). The summed E-state index contributed by atoms with van der Waals surface area (Å²) in [4.78, 5) is 26.3. The number of carbonyl (C=O) groups is 2. The van der Waals surface area contributed by atoms with E-state index in [0.717, 1.165) is 25.8 Å². The number of methoxy groups -OCH3 is 1. The maximum atomic E-state index is 12.4. The van der Waals surface area contributed by atoms with Crippen LogP contribution in [0.4, 0.5) is 4.79 Å². The largest absolute Gasteiger partial charge is 0.469 e. The van der Waals surface area contributed by atoms with E-state index < -0.39 is 0 Å². The molecule has 1 aromatic carbocycles. The van der Waals surface area contributed by atoms with E-state index in [1.54, 1.807) is 0 Å². The number of urea groups is 1. The fourth-order valence-corrected chi connectivity index (χ4v) is 4.12. The van der Waals surface area contributed by atoms with E-state index in [4.69, 9.17) is 4.74 Å². The summed E-state index contributed by atoms with van der Waals surface area (Å²) < 4.78 is 4.80. The van der Waals surface area contributed by atoms with Gasteiger partial charge in [0.2, 0.25) is 0 Å². The molecule has 1 aliphatic heterocycles. The van der Waals surface area contributed by atoms with Crippen LogP contribution < -0.4 is 10.6 Å². The number of hydrogen-bond donors (Lipinski definition) is 2. The SMILES string of the molecule is COC(=O)[C@H]1CC[C@@H](NC(=O)N[C@H]2CCN(C)[C@@H]2c2ccccc2)C1. The molecule has 2 aliphatic rings. The molecule has 4 atom stereocenters. The number of carbonyl (C=O) groups excluding carboxylic acids is 2. The number of hydrogen-bond acceptors (Lipinski definition) is 4. The lowest BCUT2D eigenvalue weighted by Crippen LogP contribution is -2.47. The number of benzene rings is 1. The summed E-state index contributed by atoms with van der Waals surface area (Å²) in [7, 11) is 3.51. The first kappa shape index (κ1) is 17.7. The lowest BCUT2D eigenvalue weighted by molar-refractivity contribution is -0.145. The zero-order chi connectivity index (χ0) is 17.8. The summed E-state index contributed by atoms with van der Waals surface area (Å²) in [5.41, 5.74) is 1.22. The molecule has 2 amide bonds. The summed E-state index contributed by atoms with van der Waals surface area (Å²) in [6.45, 7) is 0.957. The Kier molecular flexibility index (Phi) is 5.58. The van der Waals surface area contributed by atoms with Crippen LogP contribution in [0.3, 0.4) is 0 Å². The van der Waals surface area contributed by atoms with Gasteiger partial charge in [0.1, 0.15) is 0 Å². The molecular formula is C19H27N3O3. The maximum Gasteiger partial charge on any atom is 0.315 e. The summed E-state index contributed by atoms with van der Waals surface area (Å²) >= 11 is 0. The van der Waals surface area contributed by atoms with Gasteiger partial charge in [0, 0.05) is 12.6 Å². The van der Waals surface area contributed by atoms with Crippen molar-refractivity contribution < 1.29 is 14.3 Å². The van der Waals surface area contributed by atoms with E-state index in [1.165, 1.54) is 12.7 Å². The number of nitrogens with one attached hydrogen (secondary N) is 2. The third-order valence-corrected chi connectivity index (χ3v) is 5.41. The summed E-state index contributed by atoms with van der Waals surface area (Å²) in [5, 5.41) is 6.16. The Morgan fingerprint density at radius 2 is 1.88 bits per heavy atom. The first-order valence-corrected chi connectivity index (χ1v) is 8.98. The van der Waals surface area contributed by atoms with E-state index in [9.17, 15) is 9.59 Å². The fraction of sp³-hybridized carbons (Fsp3) is 0.579. The first-order chi connectivity index (χ1) is 12.1. The molecule has 0 aromatic heterocycles. The zero-order valence-corrected chi connectivity index (χ0v) is 14.9. The van der Waals surface area contributed by atoms with Gasteiger partial charge >= 0.3 is 12.0 Å². The molecule has 1 saturated heterocycles. The lowest BCUT2D eigenvalue weighted by atomic mass is 10.0. The average molecular weight is 345 g/mol. The molecule has 1 heterocycles. The zero-order valence-electron chi connectivity index (χ0n) is 14.9. The summed E-state index contributed by atoms with van der Waals surface area (Å²) in [5.74, 6) is -0.267. The highest BCUT2D eigenvalue weighted by Crippen LogP contribution is 2.31. The van der Waals surface area contributed by atoms with E-state index in [-0.39, 0.29) is 36.0 Å². The van der Waals surface area contributed by atoms with Crippen LogP contribution in [0.2, 0.25) is 0 Å². The van der Waals surface area contributed by atoms with E-state index in [1.807, 2.05) is 18.2 Å². The molecule has 0 unspecified atom stereocenters. The minimum atomic E-state index is -0.175. The molecule has 0 spiro atoms. The van der Waals surface area contributed by atoms with Crippen LogP contribution in [0.15, 0.2) is 30.3 Å². The van der Waals surface area contributed by atoms with Crippen LogP contribution in [0.25, 0.3) is 0 Å². The van der Waals surface area contributed by atoms with Crippen molar-refractivity contribution in [1.82, 2.24) is 15.5 Å².